The molecule has 1 aliphatic heterocycles. The fourth-order valence-electron chi connectivity index (χ4n) is 6.60. The van der Waals surface area contributed by atoms with E-state index >= 15 is 0 Å². The lowest BCUT2D eigenvalue weighted by atomic mass is 9.80. The highest BCUT2D eigenvalue weighted by Crippen LogP contribution is 2.53. The summed E-state index contributed by atoms with van der Waals surface area (Å²) in [5.41, 5.74) is 0.557. The number of hydrogen-bond acceptors (Lipinski definition) is 3. The summed E-state index contributed by atoms with van der Waals surface area (Å²) in [5.74, 6) is 3.60. The van der Waals surface area contributed by atoms with Crippen LogP contribution in [-0.2, 0) is 4.79 Å². The quantitative estimate of drug-likeness (QED) is 0.761. The maximum Gasteiger partial charge on any atom is 0.255 e. The van der Waals surface area contributed by atoms with E-state index in [9.17, 15) is 9.59 Å². The minimum atomic E-state index is -0.0233. The number of nitrogens with zero attached hydrogens (tertiary/aromatic N) is 2. The van der Waals surface area contributed by atoms with Crippen LogP contribution in [0.3, 0.4) is 0 Å². The highest BCUT2D eigenvalue weighted by molar-refractivity contribution is 6.29. The van der Waals surface area contributed by atoms with E-state index in [1.807, 2.05) is 4.90 Å². The van der Waals surface area contributed by atoms with Crippen molar-refractivity contribution < 1.29 is 9.59 Å². The summed E-state index contributed by atoms with van der Waals surface area (Å²) in [6, 6.07) is 3.73. The number of rotatable bonds is 3. The molecular weight excluding hydrogens is 386 g/mol. The van der Waals surface area contributed by atoms with Crippen molar-refractivity contribution in [2.24, 2.45) is 29.6 Å². The van der Waals surface area contributed by atoms with E-state index in [-0.39, 0.29) is 17.7 Å². The summed E-state index contributed by atoms with van der Waals surface area (Å²) in [6.45, 7) is 1.25. The molecule has 3 saturated carbocycles. The van der Waals surface area contributed by atoms with Crippen molar-refractivity contribution in [1.29, 1.82) is 0 Å². The highest BCUT2D eigenvalue weighted by atomic mass is 35.5. The van der Waals surface area contributed by atoms with Gasteiger partial charge in [-0.05, 0) is 87.2 Å². The van der Waals surface area contributed by atoms with Crippen LogP contribution in [0.1, 0.15) is 61.7 Å². The van der Waals surface area contributed by atoms with Gasteiger partial charge in [-0.2, -0.15) is 0 Å². The molecule has 4 aliphatic rings. The van der Waals surface area contributed by atoms with E-state index in [1.165, 1.54) is 38.3 Å². The van der Waals surface area contributed by atoms with Crippen molar-refractivity contribution in [1.82, 2.24) is 15.2 Å². The first kappa shape index (κ1) is 19.3. The van der Waals surface area contributed by atoms with Crippen molar-refractivity contribution in [2.75, 3.05) is 13.1 Å². The van der Waals surface area contributed by atoms with Crippen molar-refractivity contribution in [3.63, 3.8) is 0 Å². The van der Waals surface area contributed by atoms with Gasteiger partial charge < -0.3 is 10.2 Å². The van der Waals surface area contributed by atoms with Crippen LogP contribution >= 0.6 is 11.6 Å². The molecule has 29 heavy (non-hydrogen) atoms. The molecule has 1 N–H and O–H groups in total. The van der Waals surface area contributed by atoms with E-state index in [0.717, 1.165) is 37.0 Å². The molecule has 5 atom stereocenters. The number of carbonyl (C=O) groups is 2. The Morgan fingerprint density at radius 3 is 2.55 bits per heavy atom. The summed E-state index contributed by atoms with van der Waals surface area (Å²) in [6.07, 6.45) is 11.0. The van der Waals surface area contributed by atoms with Crippen molar-refractivity contribution in [3.05, 3.63) is 29.0 Å². The number of nitrogens with one attached hydrogen (secondary N) is 1. The molecule has 2 heterocycles. The SMILES string of the molecule is O=C(NC1CC[C@@H]2CC3CC1[C@@H](C3)C2)C1CCN(C(=O)c2ccc(Cl)nc2)CC1. The molecule has 6 heteroatoms. The average Bonchev–Trinajstić information content (AvgIpc) is 2.98. The molecule has 0 aromatic carbocycles. The van der Waals surface area contributed by atoms with Crippen LogP contribution in [0.5, 0.6) is 0 Å². The second-order valence-electron chi connectivity index (χ2n) is 9.73. The zero-order valence-electron chi connectivity index (χ0n) is 16.9. The first-order valence-electron chi connectivity index (χ1n) is 11.3. The number of amides is 2. The van der Waals surface area contributed by atoms with Crippen LogP contribution < -0.4 is 5.32 Å². The third-order valence-electron chi connectivity index (χ3n) is 8.01. The zero-order valence-corrected chi connectivity index (χ0v) is 17.6. The van der Waals surface area contributed by atoms with E-state index in [4.69, 9.17) is 11.6 Å². The monoisotopic (exact) mass is 415 g/mol. The van der Waals surface area contributed by atoms with Gasteiger partial charge in [0.1, 0.15) is 5.15 Å². The Bertz CT molecular complexity index is 775. The topological polar surface area (TPSA) is 62.3 Å². The zero-order chi connectivity index (χ0) is 20.0. The largest absolute Gasteiger partial charge is 0.353 e. The number of pyridine rings is 1. The summed E-state index contributed by atoms with van der Waals surface area (Å²) < 4.78 is 0. The van der Waals surface area contributed by atoms with Crippen LogP contribution in [0, 0.1) is 29.6 Å². The molecule has 1 saturated heterocycles. The molecule has 5 rings (SSSR count). The third-order valence-corrected chi connectivity index (χ3v) is 8.23. The highest BCUT2D eigenvalue weighted by Gasteiger charge is 2.46. The summed E-state index contributed by atoms with van der Waals surface area (Å²) >= 11 is 5.81. The minimum Gasteiger partial charge on any atom is -0.353 e. The predicted octanol–water partition coefficient (Wildman–Crippen LogP) is 3.92. The van der Waals surface area contributed by atoms with Crippen molar-refractivity contribution in [3.8, 4) is 0 Å². The Morgan fingerprint density at radius 1 is 1.00 bits per heavy atom. The maximum absolute atomic E-state index is 13.0. The summed E-state index contributed by atoms with van der Waals surface area (Å²) in [7, 11) is 0. The summed E-state index contributed by atoms with van der Waals surface area (Å²) in [5, 5.41) is 3.84. The molecule has 4 fully saturated rings. The second-order valence-corrected chi connectivity index (χ2v) is 10.1. The fraction of sp³-hybridized carbons (Fsp3) is 0.696. The Morgan fingerprint density at radius 2 is 1.79 bits per heavy atom. The minimum absolute atomic E-state index is 0.0233. The van der Waals surface area contributed by atoms with E-state index in [2.05, 4.69) is 10.3 Å². The van der Waals surface area contributed by atoms with Gasteiger partial charge in [-0.1, -0.05) is 11.6 Å². The Labute approximate surface area is 177 Å². The second kappa shape index (κ2) is 7.90. The molecule has 5 nitrogen and oxygen atoms in total. The van der Waals surface area contributed by atoms with E-state index < -0.39 is 0 Å². The molecule has 1 aromatic rings. The fourth-order valence-corrected chi connectivity index (χ4v) is 6.71. The number of hydrogen-bond donors (Lipinski definition) is 1. The van der Waals surface area contributed by atoms with Gasteiger partial charge in [0.05, 0.1) is 5.56 Å². The predicted molar refractivity (Wildman–Crippen MR) is 111 cm³/mol. The first-order valence-corrected chi connectivity index (χ1v) is 11.7. The van der Waals surface area contributed by atoms with Gasteiger partial charge in [0.25, 0.3) is 5.91 Å². The molecule has 3 aliphatic carbocycles. The number of carbonyl (C=O) groups excluding carboxylic acids is 2. The first-order chi connectivity index (χ1) is 14.1. The van der Waals surface area contributed by atoms with Crippen LogP contribution in [0.4, 0.5) is 0 Å². The van der Waals surface area contributed by atoms with Crippen molar-refractivity contribution >= 4 is 23.4 Å². The van der Waals surface area contributed by atoms with Crippen molar-refractivity contribution in [2.45, 2.75) is 57.4 Å². The number of likely N-dealkylation sites (tertiary alicyclic amines) is 1. The third kappa shape index (κ3) is 3.90. The van der Waals surface area contributed by atoms with Gasteiger partial charge >= 0.3 is 0 Å². The normalized spacial score (nSPS) is 34.1. The Hall–Kier alpha value is -1.62. The number of aromatic nitrogens is 1. The Kier molecular flexibility index (Phi) is 5.27. The van der Waals surface area contributed by atoms with Gasteiger partial charge in [-0.15, -0.1) is 0 Å². The number of fused-ring (bicyclic) bond motifs is 2. The molecule has 2 amide bonds. The van der Waals surface area contributed by atoms with Crippen LogP contribution in [-0.4, -0.2) is 40.8 Å². The smallest absolute Gasteiger partial charge is 0.255 e. The van der Waals surface area contributed by atoms with Crippen LogP contribution in [0.2, 0.25) is 5.15 Å². The maximum atomic E-state index is 13.0. The molecule has 3 bridgehead atoms. The Balaban J connectivity index is 1.15. The molecule has 0 spiro atoms. The lowest BCUT2D eigenvalue weighted by molar-refractivity contribution is -0.127. The lowest BCUT2D eigenvalue weighted by Crippen LogP contribution is -2.47. The average molecular weight is 416 g/mol. The van der Waals surface area contributed by atoms with Gasteiger partial charge in [-0.3, -0.25) is 9.59 Å². The van der Waals surface area contributed by atoms with Crippen LogP contribution in [0.15, 0.2) is 18.3 Å². The number of halogens is 1. The van der Waals surface area contributed by atoms with Gasteiger partial charge in [0.2, 0.25) is 5.91 Å². The van der Waals surface area contributed by atoms with Gasteiger partial charge in [0.15, 0.2) is 0 Å². The number of piperidine rings is 1. The standard InChI is InChI=1S/C23H30ClN3O2/c24-21-4-2-17(13-25-21)23(29)27-7-5-16(6-8-27)22(28)26-20-3-1-14-9-15-11-18(10-14)19(20)12-15/h2,4,13-16,18-20H,1,3,5-12H2,(H,26,28)/t14-,15?,18-,19?,20?/m1/s1. The van der Waals surface area contributed by atoms with Crippen LogP contribution in [0.25, 0.3) is 0 Å². The molecule has 156 valence electrons. The lowest BCUT2D eigenvalue weighted by Gasteiger charge is -2.33. The molecule has 1 aromatic heterocycles. The van der Waals surface area contributed by atoms with Gasteiger partial charge in [0, 0.05) is 31.2 Å². The molecular formula is C23H30ClN3O2. The summed E-state index contributed by atoms with van der Waals surface area (Å²) in [4.78, 5) is 31.5. The van der Waals surface area contributed by atoms with E-state index in [0.29, 0.717) is 35.8 Å². The molecule has 0 radical (unpaired) electrons. The molecule has 3 unspecified atom stereocenters. The van der Waals surface area contributed by atoms with E-state index in [1.54, 1.807) is 12.1 Å². The van der Waals surface area contributed by atoms with Gasteiger partial charge in [-0.25, -0.2) is 4.98 Å².